The third-order valence-electron chi connectivity index (χ3n) is 2.63. The summed E-state index contributed by atoms with van der Waals surface area (Å²) in [5, 5.41) is 14.2. The molecule has 20 heavy (non-hydrogen) atoms. The van der Waals surface area contributed by atoms with E-state index in [4.69, 9.17) is 4.74 Å². The highest BCUT2D eigenvalue weighted by Gasteiger charge is 2.12. The van der Waals surface area contributed by atoms with Gasteiger partial charge in [0.05, 0.1) is 17.6 Å². The Morgan fingerprint density at radius 2 is 2.10 bits per heavy atom. The molecule has 0 saturated heterocycles. The molecule has 0 radical (unpaired) electrons. The summed E-state index contributed by atoms with van der Waals surface area (Å²) in [5.74, 6) is 0.528. The Bertz CT molecular complexity index is 449. The predicted octanol–water partition coefficient (Wildman–Crippen LogP) is 2.75. The Hall–Kier alpha value is -1.82. The zero-order valence-corrected chi connectivity index (χ0v) is 12.5. The van der Waals surface area contributed by atoms with E-state index in [1.807, 2.05) is 27.9 Å². The molecule has 1 unspecified atom stereocenters. The molecule has 1 aromatic rings. The van der Waals surface area contributed by atoms with Crippen LogP contribution in [-0.2, 0) is 0 Å². The fourth-order valence-electron chi connectivity index (χ4n) is 1.95. The lowest BCUT2D eigenvalue weighted by Gasteiger charge is -2.19. The third kappa shape index (κ3) is 5.44. The first-order chi connectivity index (χ1) is 9.42. The Labute approximate surface area is 119 Å². The van der Waals surface area contributed by atoms with Gasteiger partial charge in [-0.15, -0.1) is 0 Å². The molecule has 6 heteroatoms. The summed E-state index contributed by atoms with van der Waals surface area (Å²) in [4.78, 5) is 12.6. The monoisotopic (exact) mass is 281 g/mol. The summed E-state index contributed by atoms with van der Waals surface area (Å²) in [7, 11) is 3.98. The molecule has 1 rings (SSSR count). The summed E-state index contributed by atoms with van der Waals surface area (Å²) < 4.78 is 5.49. The normalized spacial score (nSPS) is 12.2. The van der Waals surface area contributed by atoms with Gasteiger partial charge in [0.25, 0.3) is 5.69 Å². The maximum atomic E-state index is 11.0. The molecule has 0 aliphatic rings. The smallest absolute Gasteiger partial charge is 0.275 e. The first-order valence-electron chi connectivity index (χ1n) is 6.76. The van der Waals surface area contributed by atoms with Crippen molar-refractivity contribution in [2.45, 2.75) is 26.3 Å². The van der Waals surface area contributed by atoms with E-state index in [9.17, 15) is 10.1 Å². The molecular formula is C14H23N3O3. The third-order valence-corrected chi connectivity index (χ3v) is 2.63. The summed E-state index contributed by atoms with van der Waals surface area (Å²) in [6.07, 6.45) is 0.864. The van der Waals surface area contributed by atoms with Crippen LogP contribution >= 0.6 is 0 Å². The van der Waals surface area contributed by atoms with E-state index >= 15 is 0 Å². The van der Waals surface area contributed by atoms with Gasteiger partial charge in [-0.25, -0.2) is 0 Å². The summed E-state index contributed by atoms with van der Waals surface area (Å²) >= 11 is 0. The van der Waals surface area contributed by atoms with Crippen molar-refractivity contribution in [2.75, 3.05) is 32.6 Å². The number of anilines is 1. The topological polar surface area (TPSA) is 67.6 Å². The molecule has 0 aromatic heterocycles. The number of benzene rings is 1. The van der Waals surface area contributed by atoms with Crippen LogP contribution in [0.3, 0.4) is 0 Å². The molecule has 0 bridgehead atoms. The molecule has 1 aromatic carbocycles. The molecule has 1 N–H and O–H groups in total. The number of nitrogens with zero attached hydrogens (tertiary/aromatic N) is 2. The summed E-state index contributed by atoms with van der Waals surface area (Å²) in [6.45, 7) is 5.42. The van der Waals surface area contributed by atoms with Crippen molar-refractivity contribution >= 4 is 11.4 Å². The fraction of sp³-hybridized carbons (Fsp3) is 0.571. The number of non-ortho nitro benzene ring substituents is 1. The zero-order valence-electron chi connectivity index (χ0n) is 12.5. The zero-order chi connectivity index (χ0) is 15.1. The maximum absolute atomic E-state index is 11.0. The molecule has 0 saturated carbocycles. The summed E-state index contributed by atoms with van der Waals surface area (Å²) in [5.41, 5.74) is 0.748. The van der Waals surface area contributed by atoms with Crippen molar-refractivity contribution in [3.8, 4) is 5.75 Å². The SMILES string of the molecule is CCCOc1cc(NC(C)CN(C)C)cc([N+](=O)[O-])c1. The van der Waals surface area contributed by atoms with Crippen molar-refractivity contribution in [1.29, 1.82) is 0 Å². The lowest BCUT2D eigenvalue weighted by Crippen LogP contribution is -2.29. The van der Waals surface area contributed by atoms with Gasteiger partial charge >= 0.3 is 0 Å². The number of hydrogen-bond donors (Lipinski definition) is 1. The van der Waals surface area contributed by atoms with E-state index in [-0.39, 0.29) is 11.7 Å². The second-order valence-corrected chi connectivity index (χ2v) is 5.13. The summed E-state index contributed by atoms with van der Waals surface area (Å²) in [6, 6.07) is 4.98. The lowest BCUT2D eigenvalue weighted by molar-refractivity contribution is -0.384. The van der Waals surface area contributed by atoms with E-state index < -0.39 is 4.92 Å². The molecular weight excluding hydrogens is 258 g/mol. The second kappa shape index (κ2) is 7.69. The number of likely N-dealkylation sites (N-methyl/N-ethyl adjacent to an activating group) is 1. The van der Waals surface area contributed by atoms with Crippen LogP contribution in [0.1, 0.15) is 20.3 Å². The van der Waals surface area contributed by atoms with Crippen LogP contribution in [-0.4, -0.2) is 43.1 Å². The van der Waals surface area contributed by atoms with Crippen molar-refractivity contribution in [3.05, 3.63) is 28.3 Å². The molecule has 6 nitrogen and oxygen atoms in total. The molecule has 0 heterocycles. The molecule has 112 valence electrons. The van der Waals surface area contributed by atoms with E-state index in [1.165, 1.54) is 12.1 Å². The predicted molar refractivity (Wildman–Crippen MR) is 80.5 cm³/mol. The number of rotatable bonds is 8. The van der Waals surface area contributed by atoms with Gasteiger partial charge in [0.15, 0.2) is 0 Å². The van der Waals surface area contributed by atoms with Gasteiger partial charge in [-0.1, -0.05) is 6.92 Å². The van der Waals surface area contributed by atoms with Gasteiger partial charge in [-0.2, -0.15) is 0 Å². The van der Waals surface area contributed by atoms with Crippen LogP contribution in [0.2, 0.25) is 0 Å². The van der Waals surface area contributed by atoms with Crippen LogP contribution in [0.15, 0.2) is 18.2 Å². The van der Waals surface area contributed by atoms with Crippen molar-refractivity contribution < 1.29 is 9.66 Å². The average molecular weight is 281 g/mol. The van der Waals surface area contributed by atoms with Gasteiger partial charge in [-0.3, -0.25) is 10.1 Å². The van der Waals surface area contributed by atoms with Gasteiger partial charge in [0.2, 0.25) is 0 Å². The minimum absolute atomic E-state index is 0.0400. The lowest BCUT2D eigenvalue weighted by atomic mass is 10.2. The number of nitro groups is 1. The van der Waals surface area contributed by atoms with Gasteiger partial charge in [0, 0.05) is 30.4 Å². The van der Waals surface area contributed by atoms with Crippen molar-refractivity contribution in [1.82, 2.24) is 4.90 Å². The molecule has 0 aliphatic heterocycles. The highest BCUT2D eigenvalue weighted by atomic mass is 16.6. The van der Waals surface area contributed by atoms with E-state index in [1.54, 1.807) is 6.07 Å². The Morgan fingerprint density at radius 1 is 1.40 bits per heavy atom. The fourth-order valence-corrected chi connectivity index (χ4v) is 1.95. The standard InChI is InChI=1S/C14H23N3O3/c1-5-6-20-14-8-12(7-13(9-14)17(18)19)15-11(2)10-16(3)4/h7-9,11,15H,5-6,10H2,1-4H3. The van der Waals surface area contributed by atoms with E-state index in [2.05, 4.69) is 10.2 Å². The maximum Gasteiger partial charge on any atom is 0.275 e. The van der Waals surface area contributed by atoms with Crippen LogP contribution < -0.4 is 10.1 Å². The largest absolute Gasteiger partial charge is 0.493 e. The van der Waals surface area contributed by atoms with Crippen molar-refractivity contribution in [2.24, 2.45) is 0 Å². The molecule has 1 atom stereocenters. The highest BCUT2D eigenvalue weighted by Crippen LogP contribution is 2.26. The van der Waals surface area contributed by atoms with E-state index in [0.29, 0.717) is 18.0 Å². The quantitative estimate of drug-likeness (QED) is 0.586. The average Bonchev–Trinajstić information content (AvgIpc) is 2.34. The highest BCUT2D eigenvalue weighted by molar-refractivity contribution is 5.56. The number of hydrogen-bond acceptors (Lipinski definition) is 5. The molecule has 0 fully saturated rings. The Morgan fingerprint density at radius 3 is 2.65 bits per heavy atom. The second-order valence-electron chi connectivity index (χ2n) is 5.13. The minimum Gasteiger partial charge on any atom is -0.493 e. The first kappa shape index (κ1) is 16.2. The van der Waals surface area contributed by atoms with Crippen LogP contribution in [0.5, 0.6) is 5.75 Å². The Kier molecular flexibility index (Phi) is 6.24. The minimum atomic E-state index is -0.402. The number of nitro benzene ring substituents is 1. The van der Waals surface area contributed by atoms with Gasteiger partial charge < -0.3 is 15.0 Å². The number of ether oxygens (including phenoxy) is 1. The number of nitrogens with one attached hydrogen (secondary N) is 1. The van der Waals surface area contributed by atoms with Crippen LogP contribution in [0.4, 0.5) is 11.4 Å². The van der Waals surface area contributed by atoms with Gasteiger partial charge in [-0.05, 0) is 27.4 Å². The Balaban J connectivity index is 2.87. The van der Waals surface area contributed by atoms with E-state index in [0.717, 1.165) is 13.0 Å². The van der Waals surface area contributed by atoms with Crippen molar-refractivity contribution in [3.63, 3.8) is 0 Å². The molecule has 0 aliphatic carbocycles. The van der Waals surface area contributed by atoms with Crippen LogP contribution in [0, 0.1) is 10.1 Å². The van der Waals surface area contributed by atoms with Crippen LogP contribution in [0.25, 0.3) is 0 Å². The van der Waals surface area contributed by atoms with Gasteiger partial charge in [0.1, 0.15) is 5.75 Å². The first-order valence-corrected chi connectivity index (χ1v) is 6.76. The molecule has 0 spiro atoms. The molecule has 0 amide bonds.